The van der Waals surface area contributed by atoms with E-state index >= 15 is 0 Å². The largest absolute Gasteiger partial charge is 0.479 e. The number of nitriles is 1. The number of terminal acetylenes is 1. The van der Waals surface area contributed by atoms with Crippen LogP contribution in [-0.4, -0.2) is 68.7 Å². The molecule has 2 aromatic carbocycles. The van der Waals surface area contributed by atoms with Crippen LogP contribution in [0.2, 0.25) is 0 Å². The molecule has 46 heavy (non-hydrogen) atoms. The fraction of sp³-hybridized carbons (Fsp3) is 0.367. The lowest BCUT2D eigenvalue weighted by atomic mass is 9.84. The fourth-order valence-electron chi connectivity index (χ4n) is 5.02. The molecule has 0 bridgehead atoms. The Morgan fingerprint density at radius 3 is 2.72 bits per heavy atom. The molecule has 1 saturated heterocycles. The number of aliphatic hydroxyl groups excluding tert-OH is 1. The van der Waals surface area contributed by atoms with Gasteiger partial charge in [0.1, 0.15) is 23.4 Å². The first kappa shape index (κ1) is 32.6. The molecule has 0 amide bonds. The summed E-state index contributed by atoms with van der Waals surface area (Å²) in [4.78, 5) is 25.2. The van der Waals surface area contributed by atoms with Gasteiger partial charge in [-0.1, -0.05) is 42.3 Å². The molecule has 3 heterocycles. The number of rotatable bonds is 11. The number of anilines is 1. The third-order valence-electron chi connectivity index (χ3n) is 7.30. The number of nitrogens with two attached hydrogens (primary N) is 1. The molecule has 4 aromatic rings. The summed E-state index contributed by atoms with van der Waals surface area (Å²) >= 11 is 0. The van der Waals surface area contributed by atoms with Crippen molar-refractivity contribution in [1.82, 2.24) is 24.6 Å². The summed E-state index contributed by atoms with van der Waals surface area (Å²) in [7, 11) is -3.13. The Morgan fingerprint density at radius 2 is 2.02 bits per heavy atom. The summed E-state index contributed by atoms with van der Waals surface area (Å²) in [5, 5.41) is 25.4. The number of carbonyl (C=O) groups excluding carboxylic acids is 1. The maximum atomic E-state index is 14.4. The SMILES string of the molecule is C#C[C@H](NP(=O)(OC[C@H]1O[C@@H](n2cnc3c(OC)nc(N)nc32)[C@](C)(C#N)[C@@H]1O)Oc1cccc2ccccc12)C(=O)OC(C)C. The van der Waals surface area contributed by atoms with Crippen LogP contribution in [0.5, 0.6) is 11.6 Å². The summed E-state index contributed by atoms with van der Waals surface area (Å²) in [5.41, 5.74) is 4.72. The van der Waals surface area contributed by atoms with Gasteiger partial charge in [-0.25, -0.2) is 14.3 Å². The molecule has 6 atom stereocenters. The number of nitrogen functional groups attached to an aromatic ring is 1. The fourth-order valence-corrected chi connectivity index (χ4v) is 6.46. The van der Waals surface area contributed by atoms with Crippen LogP contribution < -0.4 is 20.1 Å². The number of nitrogens with one attached hydrogen (secondary N) is 1. The number of ether oxygens (including phenoxy) is 3. The van der Waals surface area contributed by atoms with Crippen molar-refractivity contribution >= 4 is 41.6 Å². The third-order valence-corrected chi connectivity index (χ3v) is 8.80. The van der Waals surface area contributed by atoms with Crippen LogP contribution in [0.4, 0.5) is 5.95 Å². The molecule has 0 radical (unpaired) electrons. The van der Waals surface area contributed by atoms with Crippen LogP contribution in [0.1, 0.15) is 27.0 Å². The van der Waals surface area contributed by atoms with Crippen LogP contribution in [0.3, 0.4) is 0 Å². The van der Waals surface area contributed by atoms with Crippen molar-refractivity contribution in [2.45, 2.75) is 51.4 Å². The van der Waals surface area contributed by atoms with Gasteiger partial charge in [0.2, 0.25) is 11.8 Å². The van der Waals surface area contributed by atoms with Crippen molar-refractivity contribution in [3.63, 3.8) is 0 Å². The molecule has 1 aliphatic rings. The number of aromatic nitrogens is 4. The van der Waals surface area contributed by atoms with Crippen molar-refractivity contribution in [1.29, 1.82) is 5.26 Å². The number of esters is 1. The van der Waals surface area contributed by atoms with Crippen LogP contribution in [0.25, 0.3) is 21.9 Å². The van der Waals surface area contributed by atoms with Crippen LogP contribution >= 0.6 is 7.75 Å². The summed E-state index contributed by atoms with van der Waals surface area (Å²) in [6.07, 6.45) is 2.59. The molecule has 5 rings (SSSR count). The van der Waals surface area contributed by atoms with E-state index in [0.717, 1.165) is 5.39 Å². The average molecular weight is 650 g/mol. The van der Waals surface area contributed by atoms with E-state index in [4.69, 9.17) is 35.4 Å². The predicted octanol–water partition coefficient (Wildman–Crippen LogP) is 3.11. The zero-order valence-corrected chi connectivity index (χ0v) is 26.3. The summed E-state index contributed by atoms with van der Waals surface area (Å²) in [5.74, 6) is 1.51. The van der Waals surface area contributed by atoms with Gasteiger partial charge in [0.15, 0.2) is 23.4 Å². The number of hydrogen-bond donors (Lipinski definition) is 3. The van der Waals surface area contributed by atoms with E-state index in [1.54, 1.807) is 38.1 Å². The Labute approximate surface area is 264 Å². The van der Waals surface area contributed by atoms with Crippen molar-refractivity contribution in [2.75, 3.05) is 19.5 Å². The summed E-state index contributed by atoms with van der Waals surface area (Å²) < 4.78 is 44.1. The molecule has 0 aliphatic carbocycles. The highest BCUT2D eigenvalue weighted by molar-refractivity contribution is 7.52. The maximum absolute atomic E-state index is 14.4. The van der Waals surface area contributed by atoms with E-state index in [2.05, 4.69) is 32.0 Å². The van der Waals surface area contributed by atoms with Gasteiger partial charge in [-0.3, -0.25) is 9.09 Å². The van der Waals surface area contributed by atoms with Crippen molar-refractivity contribution in [2.24, 2.45) is 5.41 Å². The first-order valence-electron chi connectivity index (χ1n) is 14.1. The second-order valence-corrected chi connectivity index (χ2v) is 12.6. The Balaban J connectivity index is 1.46. The van der Waals surface area contributed by atoms with Gasteiger partial charge in [-0.2, -0.15) is 20.3 Å². The standard InChI is InChI=1S/C30H32N7O8P/c1-6-20(27(39)43-17(2)3)36-46(40,45-21-13-9-11-18-10-7-8-12-19(18)21)42-14-22-24(38)30(4,15-31)28(44-22)37-16-33-23-25(37)34-29(32)35-26(23)41-5/h1,7-13,16-17,20,22,24,28,38H,14H2,2-5H3,(H,36,40)(H2,32,34,35)/t20-,22+,24+,28+,30+,46?/m0/s1. The van der Waals surface area contributed by atoms with E-state index in [9.17, 15) is 19.7 Å². The van der Waals surface area contributed by atoms with Crippen molar-refractivity contribution in [3.8, 4) is 30.0 Å². The Morgan fingerprint density at radius 1 is 1.28 bits per heavy atom. The van der Waals surface area contributed by atoms with Gasteiger partial charge in [0.25, 0.3) is 0 Å². The van der Waals surface area contributed by atoms with Gasteiger partial charge in [-0.15, -0.1) is 6.42 Å². The molecular weight excluding hydrogens is 617 g/mol. The predicted molar refractivity (Wildman–Crippen MR) is 165 cm³/mol. The minimum Gasteiger partial charge on any atom is -0.479 e. The van der Waals surface area contributed by atoms with Gasteiger partial charge >= 0.3 is 13.7 Å². The lowest BCUT2D eigenvalue weighted by Crippen LogP contribution is -2.39. The van der Waals surface area contributed by atoms with E-state index in [1.165, 1.54) is 24.9 Å². The van der Waals surface area contributed by atoms with Gasteiger partial charge in [-0.05, 0) is 32.2 Å². The topological polar surface area (TPSA) is 206 Å². The minimum absolute atomic E-state index is 0.106. The molecule has 4 N–H and O–H groups in total. The second-order valence-electron chi connectivity index (χ2n) is 10.9. The number of hydrogen-bond acceptors (Lipinski definition) is 13. The van der Waals surface area contributed by atoms with Gasteiger partial charge < -0.3 is 29.6 Å². The van der Waals surface area contributed by atoms with Gasteiger partial charge in [0.05, 0.1) is 32.2 Å². The number of imidazole rings is 1. The van der Waals surface area contributed by atoms with E-state index in [-0.39, 0.29) is 28.7 Å². The molecule has 0 spiro atoms. The normalized spacial score (nSPS) is 23.0. The van der Waals surface area contributed by atoms with E-state index < -0.39 is 56.3 Å². The molecule has 1 aliphatic heterocycles. The first-order valence-corrected chi connectivity index (χ1v) is 15.6. The zero-order chi connectivity index (χ0) is 33.2. The number of fused-ring (bicyclic) bond motifs is 2. The molecule has 2 aromatic heterocycles. The quantitative estimate of drug-likeness (QED) is 0.121. The minimum atomic E-state index is -4.52. The second kappa shape index (κ2) is 12.9. The van der Waals surface area contributed by atoms with E-state index in [1.807, 2.05) is 18.2 Å². The van der Waals surface area contributed by atoms with Crippen LogP contribution in [0, 0.1) is 29.1 Å². The third kappa shape index (κ3) is 6.20. The molecule has 16 heteroatoms. The number of benzene rings is 2. The molecular formula is C30H32N7O8P. The monoisotopic (exact) mass is 649 g/mol. The maximum Gasteiger partial charge on any atom is 0.460 e. The highest BCUT2D eigenvalue weighted by Gasteiger charge is 2.56. The zero-order valence-electron chi connectivity index (χ0n) is 25.4. The first-order chi connectivity index (χ1) is 21.9. The highest BCUT2D eigenvalue weighted by atomic mass is 31.2. The molecule has 240 valence electrons. The number of aliphatic hydroxyl groups is 1. The van der Waals surface area contributed by atoms with Crippen molar-refractivity contribution in [3.05, 3.63) is 48.8 Å². The Bertz CT molecular complexity index is 1900. The Kier molecular flexibility index (Phi) is 9.17. The van der Waals surface area contributed by atoms with Crippen LogP contribution in [0.15, 0.2) is 48.8 Å². The average Bonchev–Trinajstić information content (AvgIpc) is 3.56. The highest BCUT2D eigenvalue weighted by Crippen LogP contribution is 2.50. The molecule has 1 fully saturated rings. The van der Waals surface area contributed by atoms with E-state index in [0.29, 0.717) is 5.39 Å². The number of nitrogens with zero attached hydrogens (tertiary/aromatic N) is 5. The molecule has 1 unspecified atom stereocenters. The lowest BCUT2D eigenvalue weighted by molar-refractivity contribution is -0.148. The molecule has 0 saturated carbocycles. The smallest absolute Gasteiger partial charge is 0.460 e. The summed E-state index contributed by atoms with van der Waals surface area (Å²) in [6, 6.07) is 12.9. The summed E-state index contributed by atoms with van der Waals surface area (Å²) in [6.45, 7) is 4.19. The lowest BCUT2D eigenvalue weighted by Gasteiger charge is -2.26. The number of carbonyl (C=O) groups is 1. The van der Waals surface area contributed by atoms with Crippen molar-refractivity contribution < 1.29 is 37.7 Å². The molecule has 15 nitrogen and oxygen atoms in total. The van der Waals surface area contributed by atoms with Crippen LogP contribution in [-0.2, 0) is 23.4 Å². The van der Waals surface area contributed by atoms with Gasteiger partial charge in [0, 0.05) is 5.39 Å². The number of methoxy groups -OCH3 is 1. The Hall–Kier alpha value is -4.76.